The third-order valence-electron chi connectivity index (χ3n) is 1.88. The van der Waals surface area contributed by atoms with Crippen LogP contribution in [-0.4, -0.2) is 24.4 Å². The summed E-state index contributed by atoms with van der Waals surface area (Å²) in [6.07, 6.45) is 0. The number of nitrogens with zero attached hydrogens (tertiary/aromatic N) is 1. The normalized spacial score (nSPS) is 9.62. The van der Waals surface area contributed by atoms with Gasteiger partial charge in [-0.1, -0.05) is 0 Å². The van der Waals surface area contributed by atoms with Gasteiger partial charge in [-0.05, 0) is 6.07 Å². The molecule has 0 radical (unpaired) electrons. The van der Waals surface area contributed by atoms with Crippen LogP contribution < -0.4 is 10.6 Å². The van der Waals surface area contributed by atoms with Crippen molar-refractivity contribution in [3.63, 3.8) is 0 Å². The Balaban J connectivity index is 2.75. The van der Waals surface area contributed by atoms with Crippen molar-refractivity contribution in [2.75, 3.05) is 18.9 Å². The fraction of sp³-hybridized carbons (Fsp3) is 0.222. The topological polar surface area (TPSA) is 84.3 Å². The van der Waals surface area contributed by atoms with Crippen molar-refractivity contribution in [1.29, 1.82) is 0 Å². The molecule has 1 aromatic rings. The second-order valence-electron chi connectivity index (χ2n) is 2.95. The molecular formula is C9H10FN3O3. The number of nitrogens with one attached hydrogen (secondary N) is 2. The second kappa shape index (κ2) is 5.06. The SMILES string of the molecule is CNC(=O)CNc1ccc([N+](=O)[O-])cc1F. The van der Waals surface area contributed by atoms with Crippen LogP contribution in [0.15, 0.2) is 18.2 Å². The Hall–Kier alpha value is -2.18. The number of nitro benzene ring substituents is 1. The molecule has 1 rings (SSSR count). The number of hydrogen-bond donors (Lipinski definition) is 2. The van der Waals surface area contributed by atoms with Crippen molar-refractivity contribution in [3.05, 3.63) is 34.1 Å². The smallest absolute Gasteiger partial charge is 0.272 e. The summed E-state index contributed by atoms with van der Waals surface area (Å²) in [4.78, 5) is 20.5. The van der Waals surface area contributed by atoms with E-state index >= 15 is 0 Å². The average Bonchev–Trinajstić information content (AvgIpc) is 2.26. The van der Waals surface area contributed by atoms with E-state index in [1.54, 1.807) is 0 Å². The zero-order valence-electron chi connectivity index (χ0n) is 8.49. The van der Waals surface area contributed by atoms with E-state index < -0.39 is 10.7 Å². The van der Waals surface area contributed by atoms with Gasteiger partial charge in [-0.15, -0.1) is 0 Å². The molecule has 2 N–H and O–H groups in total. The van der Waals surface area contributed by atoms with E-state index in [1.807, 2.05) is 0 Å². The summed E-state index contributed by atoms with van der Waals surface area (Å²) in [7, 11) is 1.45. The highest BCUT2D eigenvalue weighted by Gasteiger charge is 2.10. The van der Waals surface area contributed by atoms with E-state index in [-0.39, 0.29) is 23.8 Å². The highest BCUT2D eigenvalue weighted by Crippen LogP contribution is 2.19. The molecule has 0 fully saturated rings. The molecule has 0 aromatic heterocycles. The number of carbonyl (C=O) groups is 1. The maximum Gasteiger partial charge on any atom is 0.272 e. The van der Waals surface area contributed by atoms with Crippen molar-refractivity contribution in [1.82, 2.24) is 5.32 Å². The van der Waals surface area contributed by atoms with Crippen LogP contribution in [0.4, 0.5) is 15.8 Å². The van der Waals surface area contributed by atoms with E-state index in [2.05, 4.69) is 10.6 Å². The molecule has 0 spiro atoms. The lowest BCUT2D eigenvalue weighted by atomic mass is 10.2. The first-order chi connectivity index (χ1) is 7.54. The van der Waals surface area contributed by atoms with Gasteiger partial charge in [0, 0.05) is 13.1 Å². The zero-order chi connectivity index (χ0) is 12.1. The lowest BCUT2D eigenvalue weighted by molar-refractivity contribution is -0.385. The van der Waals surface area contributed by atoms with Gasteiger partial charge in [-0.2, -0.15) is 0 Å². The third kappa shape index (κ3) is 2.91. The van der Waals surface area contributed by atoms with Crippen LogP contribution in [-0.2, 0) is 4.79 Å². The van der Waals surface area contributed by atoms with Crippen LogP contribution in [0.5, 0.6) is 0 Å². The number of anilines is 1. The molecule has 0 bridgehead atoms. The van der Waals surface area contributed by atoms with E-state index in [4.69, 9.17) is 0 Å². The average molecular weight is 227 g/mol. The number of amides is 1. The molecule has 86 valence electrons. The molecule has 0 saturated heterocycles. The van der Waals surface area contributed by atoms with Gasteiger partial charge in [-0.25, -0.2) is 4.39 Å². The number of rotatable bonds is 4. The fourth-order valence-corrected chi connectivity index (χ4v) is 1.02. The van der Waals surface area contributed by atoms with Crippen LogP contribution in [0.1, 0.15) is 0 Å². The number of nitro groups is 1. The molecule has 0 aliphatic heterocycles. The summed E-state index contributed by atoms with van der Waals surface area (Å²) in [5, 5.41) is 15.2. The summed E-state index contributed by atoms with van der Waals surface area (Å²) >= 11 is 0. The molecule has 0 aliphatic rings. The monoisotopic (exact) mass is 227 g/mol. The van der Waals surface area contributed by atoms with Gasteiger partial charge in [0.15, 0.2) is 5.82 Å². The van der Waals surface area contributed by atoms with Gasteiger partial charge in [-0.3, -0.25) is 14.9 Å². The maximum absolute atomic E-state index is 13.3. The van der Waals surface area contributed by atoms with Crippen molar-refractivity contribution in [2.45, 2.75) is 0 Å². The molecule has 1 aromatic carbocycles. The molecule has 16 heavy (non-hydrogen) atoms. The summed E-state index contributed by atoms with van der Waals surface area (Å²) < 4.78 is 13.3. The Labute approximate surface area is 90.6 Å². The Morgan fingerprint density at radius 1 is 1.56 bits per heavy atom. The largest absolute Gasteiger partial charge is 0.374 e. The van der Waals surface area contributed by atoms with Crippen LogP contribution in [0.25, 0.3) is 0 Å². The Morgan fingerprint density at radius 3 is 2.75 bits per heavy atom. The lowest BCUT2D eigenvalue weighted by Gasteiger charge is -2.05. The molecule has 0 atom stereocenters. The Kier molecular flexibility index (Phi) is 3.76. The maximum atomic E-state index is 13.3. The van der Waals surface area contributed by atoms with Crippen LogP contribution in [0.2, 0.25) is 0 Å². The summed E-state index contributed by atoms with van der Waals surface area (Å²) in [6, 6.07) is 3.18. The minimum atomic E-state index is -0.766. The van der Waals surface area contributed by atoms with Gasteiger partial charge in [0.05, 0.1) is 23.2 Å². The van der Waals surface area contributed by atoms with Crippen LogP contribution in [0, 0.1) is 15.9 Å². The molecular weight excluding hydrogens is 217 g/mol. The van der Waals surface area contributed by atoms with Crippen molar-refractivity contribution >= 4 is 17.3 Å². The Morgan fingerprint density at radius 2 is 2.25 bits per heavy atom. The van der Waals surface area contributed by atoms with E-state index in [0.717, 1.165) is 12.1 Å². The number of hydrogen-bond acceptors (Lipinski definition) is 4. The van der Waals surface area contributed by atoms with E-state index in [9.17, 15) is 19.3 Å². The summed E-state index contributed by atoms with van der Waals surface area (Å²) in [5.41, 5.74) is -0.280. The predicted molar refractivity (Wildman–Crippen MR) is 55.6 cm³/mol. The Bertz CT molecular complexity index is 422. The summed E-state index contributed by atoms with van der Waals surface area (Å²) in [6.45, 7) is -0.0920. The minimum Gasteiger partial charge on any atom is -0.374 e. The van der Waals surface area contributed by atoms with Gasteiger partial charge < -0.3 is 10.6 Å². The molecule has 0 aliphatic carbocycles. The first kappa shape index (κ1) is 11.9. The quantitative estimate of drug-likeness (QED) is 0.591. The first-order valence-corrected chi connectivity index (χ1v) is 4.43. The van der Waals surface area contributed by atoms with Crippen molar-refractivity contribution in [2.24, 2.45) is 0 Å². The number of likely N-dealkylation sites (N-methyl/N-ethyl adjacent to an activating group) is 1. The van der Waals surface area contributed by atoms with Gasteiger partial charge in [0.2, 0.25) is 5.91 Å². The van der Waals surface area contributed by atoms with E-state index in [0.29, 0.717) is 0 Å². The highest BCUT2D eigenvalue weighted by atomic mass is 19.1. The second-order valence-corrected chi connectivity index (χ2v) is 2.95. The molecule has 0 heterocycles. The standard InChI is InChI=1S/C9H10FN3O3/c1-11-9(14)5-12-8-3-2-6(13(15)16)4-7(8)10/h2-4,12H,5H2,1H3,(H,11,14). The predicted octanol–water partition coefficient (Wildman–Crippen LogP) is 0.892. The number of carbonyl (C=O) groups excluding carboxylic acids is 1. The molecule has 6 nitrogen and oxygen atoms in total. The number of benzene rings is 1. The zero-order valence-corrected chi connectivity index (χ0v) is 8.49. The minimum absolute atomic E-state index is 0.0502. The lowest BCUT2D eigenvalue weighted by Crippen LogP contribution is -2.26. The molecule has 1 amide bonds. The summed E-state index contributed by atoms with van der Waals surface area (Å²) in [5.74, 6) is -1.07. The number of non-ortho nitro benzene ring substituents is 1. The van der Waals surface area contributed by atoms with Crippen LogP contribution >= 0.6 is 0 Å². The van der Waals surface area contributed by atoms with Crippen molar-refractivity contribution in [3.8, 4) is 0 Å². The van der Waals surface area contributed by atoms with Gasteiger partial charge in [0.1, 0.15) is 0 Å². The van der Waals surface area contributed by atoms with Crippen LogP contribution in [0.3, 0.4) is 0 Å². The molecule has 0 unspecified atom stereocenters. The van der Waals surface area contributed by atoms with Gasteiger partial charge >= 0.3 is 0 Å². The highest BCUT2D eigenvalue weighted by molar-refractivity contribution is 5.80. The number of halogens is 1. The third-order valence-corrected chi connectivity index (χ3v) is 1.88. The first-order valence-electron chi connectivity index (χ1n) is 4.43. The van der Waals surface area contributed by atoms with E-state index in [1.165, 1.54) is 13.1 Å². The molecule has 7 heteroatoms. The fourth-order valence-electron chi connectivity index (χ4n) is 1.02. The van der Waals surface area contributed by atoms with Gasteiger partial charge in [0.25, 0.3) is 5.69 Å². The van der Waals surface area contributed by atoms with Crippen molar-refractivity contribution < 1.29 is 14.1 Å². The molecule has 0 saturated carbocycles.